The summed E-state index contributed by atoms with van der Waals surface area (Å²) in [6, 6.07) is 13.0. The summed E-state index contributed by atoms with van der Waals surface area (Å²) in [5.41, 5.74) is 1.73. The van der Waals surface area contributed by atoms with Gasteiger partial charge >= 0.3 is 0 Å². The number of H-pyrrole nitrogens is 1. The van der Waals surface area contributed by atoms with E-state index >= 15 is 0 Å². The molecule has 0 aliphatic heterocycles. The second-order valence-corrected chi connectivity index (χ2v) is 8.21. The number of para-hydroxylation sites is 1. The average molecular weight is 382 g/mol. The minimum atomic E-state index is -0.370. The van der Waals surface area contributed by atoms with E-state index in [1.807, 2.05) is 51.1 Å². The fourth-order valence-corrected chi connectivity index (χ4v) is 3.68. The molecule has 138 valence electrons. The number of carbonyl (C=O) groups is 1. The molecule has 2 aromatic carbocycles. The number of aromatic amines is 1. The first kappa shape index (κ1) is 17.6. The molecule has 5 nitrogen and oxygen atoms in total. The van der Waals surface area contributed by atoms with Gasteiger partial charge in [-0.05, 0) is 45.0 Å². The van der Waals surface area contributed by atoms with Crippen LogP contribution in [0.3, 0.4) is 0 Å². The molecular formula is C21H20ClN3O2. The van der Waals surface area contributed by atoms with Gasteiger partial charge < -0.3 is 10.3 Å². The fourth-order valence-electron chi connectivity index (χ4n) is 3.51. The summed E-state index contributed by atoms with van der Waals surface area (Å²) in [7, 11) is 0. The quantitative estimate of drug-likeness (QED) is 0.546. The molecule has 0 unspecified atom stereocenters. The Morgan fingerprint density at radius 2 is 1.89 bits per heavy atom. The van der Waals surface area contributed by atoms with Gasteiger partial charge in [0.1, 0.15) is 6.54 Å². The molecule has 6 heteroatoms. The lowest BCUT2D eigenvalue weighted by atomic mass is 10.1. The monoisotopic (exact) mass is 381 g/mol. The van der Waals surface area contributed by atoms with Crippen molar-refractivity contribution in [3.63, 3.8) is 0 Å². The first-order valence-corrected chi connectivity index (χ1v) is 9.16. The Morgan fingerprint density at radius 3 is 2.63 bits per heavy atom. The van der Waals surface area contributed by atoms with Crippen LogP contribution < -0.4 is 10.9 Å². The summed E-state index contributed by atoms with van der Waals surface area (Å²) in [4.78, 5) is 29.2. The molecule has 4 rings (SSSR count). The molecule has 0 radical (unpaired) electrons. The van der Waals surface area contributed by atoms with E-state index in [4.69, 9.17) is 11.6 Å². The zero-order valence-corrected chi connectivity index (χ0v) is 16.1. The van der Waals surface area contributed by atoms with E-state index in [-0.39, 0.29) is 23.6 Å². The number of aromatic nitrogens is 2. The maximum atomic E-state index is 13.3. The van der Waals surface area contributed by atoms with Crippen LogP contribution in [-0.4, -0.2) is 21.0 Å². The van der Waals surface area contributed by atoms with Crippen LogP contribution in [0.2, 0.25) is 5.02 Å². The summed E-state index contributed by atoms with van der Waals surface area (Å²) in [6.07, 6.45) is 0. The van der Waals surface area contributed by atoms with Gasteiger partial charge in [0.15, 0.2) is 0 Å². The Balaban J connectivity index is 2.04. The SMILES string of the molecule is CC(C)(C)NC(=O)Cn1c(=O)c2c3ccccc3[nH]c2c2cc(Cl)ccc21. The van der Waals surface area contributed by atoms with Crippen molar-refractivity contribution in [2.45, 2.75) is 32.9 Å². The second-order valence-electron chi connectivity index (χ2n) is 7.77. The normalized spacial score (nSPS) is 12.1. The number of pyridine rings is 1. The molecule has 0 bridgehead atoms. The van der Waals surface area contributed by atoms with Crippen LogP contribution in [-0.2, 0) is 11.3 Å². The number of nitrogens with one attached hydrogen (secondary N) is 2. The molecule has 4 aromatic rings. The number of nitrogens with zero attached hydrogens (tertiary/aromatic N) is 1. The molecule has 2 aromatic heterocycles. The van der Waals surface area contributed by atoms with Gasteiger partial charge in [0, 0.05) is 26.9 Å². The highest BCUT2D eigenvalue weighted by atomic mass is 35.5. The van der Waals surface area contributed by atoms with E-state index in [9.17, 15) is 9.59 Å². The number of hydrogen-bond acceptors (Lipinski definition) is 2. The Labute approximate surface area is 160 Å². The summed E-state index contributed by atoms with van der Waals surface area (Å²) in [5.74, 6) is -0.208. The van der Waals surface area contributed by atoms with Crippen molar-refractivity contribution in [1.29, 1.82) is 0 Å². The van der Waals surface area contributed by atoms with Crippen molar-refractivity contribution in [2.75, 3.05) is 0 Å². The number of fused-ring (bicyclic) bond motifs is 5. The molecule has 27 heavy (non-hydrogen) atoms. The summed E-state index contributed by atoms with van der Waals surface area (Å²) in [5, 5.41) is 5.72. The minimum absolute atomic E-state index is 0.0519. The first-order chi connectivity index (χ1) is 12.7. The van der Waals surface area contributed by atoms with Gasteiger partial charge in [0.2, 0.25) is 5.91 Å². The topological polar surface area (TPSA) is 66.9 Å². The van der Waals surface area contributed by atoms with Crippen LogP contribution >= 0.6 is 11.6 Å². The second kappa shape index (κ2) is 6.13. The zero-order valence-electron chi connectivity index (χ0n) is 15.4. The van der Waals surface area contributed by atoms with Gasteiger partial charge in [0.25, 0.3) is 5.56 Å². The Hall–Kier alpha value is -2.79. The lowest BCUT2D eigenvalue weighted by molar-refractivity contribution is -0.123. The first-order valence-electron chi connectivity index (χ1n) is 8.78. The highest BCUT2D eigenvalue weighted by Gasteiger charge is 2.19. The maximum Gasteiger partial charge on any atom is 0.261 e. The van der Waals surface area contributed by atoms with Gasteiger partial charge in [-0.1, -0.05) is 29.8 Å². The number of carbonyl (C=O) groups excluding carboxylic acids is 1. The maximum absolute atomic E-state index is 13.3. The average Bonchev–Trinajstić information content (AvgIpc) is 2.97. The van der Waals surface area contributed by atoms with Gasteiger partial charge in [-0.15, -0.1) is 0 Å². The van der Waals surface area contributed by atoms with Crippen molar-refractivity contribution in [1.82, 2.24) is 14.9 Å². The van der Waals surface area contributed by atoms with E-state index in [1.165, 1.54) is 4.57 Å². The predicted octanol–water partition coefficient (Wildman–Crippen LogP) is 4.20. The Bertz CT molecular complexity index is 1260. The van der Waals surface area contributed by atoms with Crippen molar-refractivity contribution < 1.29 is 4.79 Å². The third-order valence-electron chi connectivity index (χ3n) is 4.50. The van der Waals surface area contributed by atoms with E-state index < -0.39 is 0 Å². The lowest BCUT2D eigenvalue weighted by Crippen LogP contribution is -2.43. The molecule has 0 saturated heterocycles. The molecule has 0 aliphatic rings. The highest BCUT2D eigenvalue weighted by molar-refractivity contribution is 6.32. The van der Waals surface area contributed by atoms with Gasteiger partial charge in [-0.3, -0.25) is 14.2 Å². The van der Waals surface area contributed by atoms with Crippen molar-refractivity contribution in [3.05, 3.63) is 57.8 Å². The van der Waals surface area contributed by atoms with Crippen LogP contribution in [0.4, 0.5) is 0 Å². The Morgan fingerprint density at radius 1 is 1.15 bits per heavy atom. The minimum Gasteiger partial charge on any atom is -0.354 e. The van der Waals surface area contributed by atoms with Crippen LogP contribution in [0.25, 0.3) is 32.7 Å². The van der Waals surface area contributed by atoms with Gasteiger partial charge in [-0.2, -0.15) is 0 Å². The molecule has 2 heterocycles. The van der Waals surface area contributed by atoms with Gasteiger partial charge in [-0.25, -0.2) is 0 Å². The van der Waals surface area contributed by atoms with Gasteiger partial charge in [0.05, 0.1) is 16.4 Å². The third-order valence-corrected chi connectivity index (χ3v) is 4.74. The van der Waals surface area contributed by atoms with Crippen LogP contribution in [0.1, 0.15) is 20.8 Å². The molecule has 2 N–H and O–H groups in total. The van der Waals surface area contributed by atoms with E-state index in [0.717, 1.165) is 21.8 Å². The van der Waals surface area contributed by atoms with Crippen LogP contribution in [0.5, 0.6) is 0 Å². The summed E-state index contributed by atoms with van der Waals surface area (Å²) < 4.78 is 1.52. The number of amides is 1. The largest absolute Gasteiger partial charge is 0.354 e. The fraction of sp³-hybridized carbons (Fsp3) is 0.238. The number of benzene rings is 2. The number of rotatable bonds is 2. The molecule has 0 atom stereocenters. The van der Waals surface area contributed by atoms with E-state index in [0.29, 0.717) is 15.9 Å². The molecule has 0 aliphatic carbocycles. The molecule has 0 spiro atoms. The summed E-state index contributed by atoms with van der Waals surface area (Å²) >= 11 is 6.22. The Kier molecular flexibility index (Phi) is 4.00. The van der Waals surface area contributed by atoms with Crippen molar-refractivity contribution >= 4 is 50.2 Å². The van der Waals surface area contributed by atoms with Crippen molar-refractivity contribution in [3.8, 4) is 0 Å². The van der Waals surface area contributed by atoms with Crippen molar-refractivity contribution in [2.24, 2.45) is 0 Å². The standard InChI is InChI=1S/C21H20ClN3O2/c1-21(2,3)24-17(26)11-25-16-9-8-12(22)10-14(16)19-18(20(25)27)13-6-4-5-7-15(13)23-19/h4-10,23H,11H2,1-3H3,(H,24,26). The van der Waals surface area contributed by atoms with Crippen LogP contribution in [0, 0.1) is 0 Å². The zero-order chi connectivity index (χ0) is 19.3. The lowest BCUT2D eigenvalue weighted by Gasteiger charge is -2.21. The molecule has 0 saturated carbocycles. The number of hydrogen-bond donors (Lipinski definition) is 2. The van der Waals surface area contributed by atoms with E-state index in [1.54, 1.807) is 12.1 Å². The predicted molar refractivity (Wildman–Crippen MR) is 110 cm³/mol. The molecular weight excluding hydrogens is 362 g/mol. The number of halogens is 1. The summed E-state index contributed by atoms with van der Waals surface area (Å²) in [6.45, 7) is 5.68. The molecule has 0 fully saturated rings. The molecule has 1 amide bonds. The third kappa shape index (κ3) is 3.08. The van der Waals surface area contributed by atoms with Crippen LogP contribution in [0.15, 0.2) is 47.3 Å². The smallest absolute Gasteiger partial charge is 0.261 e. The highest BCUT2D eigenvalue weighted by Crippen LogP contribution is 2.30. The van der Waals surface area contributed by atoms with E-state index in [2.05, 4.69) is 10.3 Å².